The zero-order chi connectivity index (χ0) is 10.6. The van der Waals surface area contributed by atoms with E-state index in [-0.39, 0.29) is 12.1 Å². The summed E-state index contributed by atoms with van der Waals surface area (Å²) in [5, 5.41) is 0. The fraction of sp³-hybridized carbons (Fsp3) is 0.889. The predicted molar refractivity (Wildman–Crippen MR) is 58.4 cm³/mol. The number of esters is 1. The maximum absolute atomic E-state index is 11.3. The van der Waals surface area contributed by atoms with E-state index in [1.165, 1.54) is 0 Å². The van der Waals surface area contributed by atoms with Gasteiger partial charge in [-0.15, -0.1) is 0 Å². The molecule has 14 heavy (non-hydrogen) atoms. The van der Waals surface area contributed by atoms with E-state index < -0.39 is 6.04 Å². The first-order valence-corrected chi connectivity index (χ1v) is 5.52. The van der Waals surface area contributed by atoms with Crippen molar-refractivity contribution in [1.82, 2.24) is 4.90 Å². The van der Waals surface area contributed by atoms with Crippen molar-refractivity contribution in [1.29, 1.82) is 0 Å². The number of thiol groups is 1. The Balaban J connectivity index is 2.27. The van der Waals surface area contributed by atoms with Crippen LogP contribution in [0.2, 0.25) is 0 Å². The van der Waals surface area contributed by atoms with Gasteiger partial charge in [0.15, 0.2) is 0 Å². The molecule has 1 unspecified atom stereocenters. The number of rotatable bonds is 3. The number of carbonyl (C=O) groups is 1. The predicted octanol–water partition coefficient (Wildman–Crippen LogP) is -0.119. The quantitative estimate of drug-likeness (QED) is 0.512. The fourth-order valence-corrected chi connectivity index (χ4v) is 1.58. The van der Waals surface area contributed by atoms with Gasteiger partial charge in [0.05, 0.1) is 0 Å². The van der Waals surface area contributed by atoms with Crippen LogP contribution >= 0.6 is 12.6 Å². The second-order valence-electron chi connectivity index (χ2n) is 3.73. The van der Waals surface area contributed by atoms with Crippen molar-refractivity contribution < 1.29 is 9.53 Å². The normalized spacial score (nSPS) is 21.9. The molecule has 0 aromatic heterocycles. The van der Waals surface area contributed by atoms with Crippen molar-refractivity contribution in [2.24, 2.45) is 5.73 Å². The zero-order valence-electron chi connectivity index (χ0n) is 8.48. The average Bonchev–Trinajstić information content (AvgIpc) is 2.20. The van der Waals surface area contributed by atoms with Gasteiger partial charge in [-0.05, 0) is 19.9 Å². The summed E-state index contributed by atoms with van der Waals surface area (Å²) < 4.78 is 5.25. The van der Waals surface area contributed by atoms with Crippen LogP contribution in [-0.2, 0) is 9.53 Å². The molecule has 0 aliphatic carbocycles. The molecule has 5 heteroatoms. The first-order valence-electron chi connectivity index (χ1n) is 4.89. The van der Waals surface area contributed by atoms with Crippen molar-refractivity contribution in [3.8, 4) is 0 Å². The third-order valence-electron chi connectivity index (χ3n) is 2.45. The Labute approximate surface area is 90.2 Å². The van der Waals surface area contributed by atoms with Crippen LogP contribution in [0.1, 0.15) is 12.8 Å². The van der Waals surface area contributed by atoms with Gasteiger partial charge >= 0.3 is 5.97 Å². The maximum atomic E-state index is 11.3. The maximum Gasteiger partial charge on any atom is 0.324 e. The molecular formula is C9H18N2O2S. The molecule has 2 N–H and O–H groups in total. The van der Waals surface area contributed by atoms with Crippen LogP contribution in [0.3, 0.4) is 0 Å². The highest BCUT2D eigenvalue weighted by atomic mass is 32.1. The molecule has 1 atom stereocenters. The van der Waals surface area contributed by atoms with Crippen molar-refractivity contribution >= 4 is 18.6 Å². The number of likely N-dealkylation sites (tertiary alicyclic amines) is 1. The van der Waals surface area contributed by atoms with E-state index in [0.717, 1.165) is 25.9 Å². The number of piperidine rings is 1. The van der Waals surface area contributed by atoms with Gasteiger partial charge in [-0.2, -0.15) is 12.6 Å². The minimum absolute atomic E-state index is 0.0460. The van der Waals surface area contributed by atoms with E-state index in [4.69, 9.17) is 10.5 Å². The van der Waals surface area contributed by atoms with Gasteiger partial charge in [-0.3, -0.25) is 4.79 Å². The SMILES string of the molecule is CN1CCC(OC(=O)C(N)CS)CC1. The number of hydrogen-bond acceptors (Lipinski definition) is 5. The van der Waals surface area contributed by atoms with Gasteiger partial charge in [0.2, 0.25) is 0 Å². The van der Waals surface area contributed by atoms with Crippen molar-refractivity contribution in [3.63, 3.8) is 0 Å². The molecule has 1 saturated heterocycles. The van der Waals surface area contributed by atoms with Crippen LogP contribution in [0, 0.1) is 0 Å². The fourth-order valence-electron chi connectivity index (χ4n) is 1.43. The second-order valence-corrected chi connectivity index (χ2v) is 4.09. The first-order chi connectivity index (χ1) is 6.63. The summed E-state index contributed by atoms with van der Waals surface area (Å²) in [6.07, 6.45) is 1.85. The number of hydrogen-bond donors (Lipinski definition) is 2. The lowest BCUT2D eigenvalue weighted by Crippen LogP contribution is -2.40. The third kappa shape index (κ3) is 3.48. The van der Waals surface area contributed by atoms with Crippen LogP contribution < -0.4 is 5.73 Å². The van der Waals surface area contributed by atoms with E-state index >= 15 is 0 Å². The van der Waals surface area contributed by atoms with Crippen molar-refractivity contribution in [2.75, 3.05) is 25.9 Å². The number of carbonyl (C=O) groups excluding carboxylic acids is 1. The molecule has 1 aliphatic rings. The van der Waals surface area contributed by atoms with Gasteiger partial charge < -0.3 is 15.4 Å². The van der Waals surface area contributed by atoms with Crippen LogP contribution in [-0.4, -0.2) is 48.9 Å². The Hall–Kier alpha value is -0.260. The molecule has 1 fully saturated rings. The van der Waals surface area contributed by atoms with E-state index in [1.807, 2.05) is 0 Å². The van der Waals surface area contributed by atoms with E-state index in [0.29, 0.717) is 5.75 Å². The largest absolute Gasteiger partial charge is 0.461 e. The minimum Gasteiger partial charge on any atom is -0.461 e. The highest BCUT2D eigenvalue weighted by Crippen LogP contribution is 2.12. The monoisotopic (exact) mass is 218 g/mol. The summed E-state index contributed by atoms with van der Waals surface area (Å²) in [5.74, 6) is 0.0143. The highest BCUT2D eigenvalue weighted by molar-refractivity contribution is 7.80. The molecule has 0 radical (unpaired) electrons. The smallest absolute Gasteiger partial charge is 0.324 e. The third-order valence-corrected chi connectivity index (χ3v) is 2.84. The molecular weight excluding hydrogens is 200 g/mol. The standard InChI is InChI=1S/C9H18N2O2S/c1-11-4-2-7(3-5-11)13-9(12)8(10)6-14/h7-8,14H,2-6,10H2,1H3. The molecule has 0 amide bonds. The highest BCUT2D eigenvalue weighted by Gasteiger charge is 2.22. The van der Waals surface area contributed by atoms with Gasteiger partial charge in [0.1, 0.15) is 12.1 Å². The molecule has 0 bridgehead atoms. The van der Waals surface area contributed by atoms with Crippen LogP contribution in [0.15, 0.2) is 0 Å². The number of ether oxygens (including phenoxy) is 1. The van der Waals surface area contributed by atoms with Gasteiger partial charge in [0, 0.05) is 18.8 Å². The van der Waals surface area contributed by atoms with Gasteiger partial charge in [-0.1, -0.05) is 0 Å². The lowest BCUT2D eigenvalue weighted by molar-refractivity contribution is -0.152. The molecule has 0 aromatic rings. The zero-order valence-corrected chi connectivity index (χ0v) is 9.37. The van der Waals surface area contributed by atoms with Crippen LogP contribution in [0.4, 0.5) is 0 Å². The number of nitrogens with two attached hydrogens (primary N) is 1. The Morgan fingerprint density at radius 1 is 1.64 bits per heavy atom. The summed E-state index contributed by atoms with van der Waals surface area (Å²) in [6, 6.07) is -0.585. The van der Waals surface area contributed by atoms with Crippen LogP contribution in [0.5, 0.6) is 0 Å². The van der Waals surface area contributed by atoms with Crippen molar-refractivity contribution in [2.45, 2.75) is 25.0 Å². The number of nitrogens with zero attached hydrogens (tertiary/aromatic N) is 1. The average molecular weight is 218 g/mol. The summed E-state index contributed by atoms with van der Waals surface area (Å²) in [4.78, 5) is 13.5. The molecule has 0 spiro atoms. The lowest BCUT2D eigenvalue weighted by Gasteiger charge is -2.29. The van der Waals surface area contributed by atoms with Crippen LogP contribution in [0.25, 0.3) is 0 Å². The van der Waals surface area contributed by atoms with E-state index in [1.54, 1.807) is 0 Å². The molecule has 4 nitrogen and oxygen atoms in total. The Morgan fingerprint density at radius 3 is 2.71 bits per heavy atom. The minimum atomic E-state index is -0.585. The van der Waals surface area contributed by atoms with Gasteiger partial charge in [0.25, 0.3) is 0 Å². The molecule has 1 heterocycles. The molecule has 0 aromatic carbocycles. The Bertz CT molecular complexity index is 193. The first kappa shape index (κ1) is 11.8. The summed E-state index contributed by atoms with van der Waals surface area (Å²) in [7, 11) is 2.07. The second kappa shape index (κ2) is 5.58. The summed E-state index contributed by atoms with van der Waals surface area (Å²) >= 11 is 3.95. The molecule has 1 aliphatic heterocycles. The molecule has 1 rings (SSSR count). The molecule has 0 saturated carbocycles. The van der Waals surface area contributed by atoms with E-state index in [2.05, 4.69) is 24.6 Å². The van der Waals surface area contributed by atoms with Crippen molar-refractivity contribution in [3.05, 3.63) is 0 Å². The molecule has 82 valence electrons. The lowest BCUT2D eigenvalue weighted by atomic mass is 10.1. The summed E-state index contributed by atoms with van der Waals surface area (Å²) in [5.41, 5.74) is 5.50. The summed E-state index contributed by atoms with van der Waals surface area (Å²) in [6.45, 7) is 1.96. The topological polar surface area (TPSA) is 55.6 Å². The Kier molecular flexibility index (Phi) is 4.71. The van der Waals surface area contributed by atoms with Gasteiger partial charge in [-0.25, -0.2) is 0 Å². The Morgan fingerprint density at radius 2 is 2.21 bits per heavy atom. The van der Waals surface area contributed by atoms with E-state index in [9.17, 15) is 4.79 Å².